The summed E-state index contributed by atoms with van der Waals surface area (Å²) in [5.74, 6) is 2.81. The summed E-state index contributed by atoms with van der Waals surface area (Å²) in [5.41, 5.74) is 0.412. The average Bonchev–Trinajstić information content (AvgIpc) is 2.43. The molecule has 0 heterocycles. The lowest BCUT2D eigenvalue weighted by Crippen LogP contribution is -2.53. The lowest BCUT2D eigenvalue weighted by molar-refractivity contribution is -0.0616. The van der Waals surface area contributed by atoms with Crippen molar-refractivity contribution in [1.82, 2.24) is 10.2 Å². The van der Waals surface area contributed by atoms with Gasteiger partial charge in [0.15, 0.2) is 0 Å². The molecule has 0 aliphatic heterocycles. The van der Waals surface area contributed by atoms with E-state index in [1.54, 1.807) is 0 Å². The van der Waals surface area contributed by atoms with Crippen LogP contribution in [0.2, 0.25) is 0 Å². The molecule has 4 heteroatoms. The van der Waals surface area contributed by atoms with Gasteiger partial charge in [-0.25, -0.2) is 4.79 Å². The molecular weight excluding hydrogens is 276 g/mol. The maximum Gasteiger partial charge on any atom is 0.317 e. The number of carbonyl (C=O) groups is 1. The van der Waals surface area contributed by atoms with Crippen LogP contribution in [-0.2, 0) is 0 Å². The second-order valence-corrected chi connectivity index (χ2v) is 8.49. The van der Waals surface area contributed by atoms with Crippen LogP contribution in [0.15, 0.2) is 0 Å². The van der Waals surface area contributed by atoms with Crippen LogP contribution >= 0.6 is 0 Å². The van der Waals surface area contributed by atoms with Gasteiger partial charge >= 0.3 is 6.03 Å². The van der Waals surface area contributed by atoms with Crippen molar-refractivity contribution < 1.29 is 9.90 Å². The quantitative estimate of drug-likeness (QED) is 0.792. The SMILES string of the molecule is CC(CCCO)NC(=O)N(C)CC12CC3CC(CC(C3)C1)C2. The van der Waals surface area contributed by atoms with Crippen molar-refractivity contribution in [1.29, 1.82) is 0 Å². The normalized spacial score (nSPS) is 37.1. The summed E-state index contributed by atoms with van der Waals surface area (Å²) < 4.78 is 0. The van der Waals surface area contributed by atoms with Crippen LogP contribution in [0.25, 0.3) is 0 Å². The van der Waals surface area contributed by atoms with E-state index < -0.39 is 0 Å². The van der Waals surface area contributed by atoms with Gasteiger partial charge in [-0.15, -0.1) is 0 Å². The van der Waals surface area contributed by atoms with E-state index >= 15 is 0 Å². The average molecular weight is 308 g/mol. The smallest absolute Gasteiger partial charge is 0.317 e. The summed E-state index contributed by atoms with van der Waals surface area (Å²) in [6.45, 7) is 3.14. The van der Waals surface area contributed by atoms with Crippen LogP contribution in [0.5, 0.6) is 0 Å². The Balaban J connectivity index is 1.53. The number of aliphatic hydroxyl groups is 1. The van der Waals surface area contributed by atoms with Gasteiger partial charge in [0, 0.05) is 26.2 Å². The van der Waals surface area contributed by atoms with Crippen molar-refractivity contribution in [2.45, 2.75) is 64.3 Å². The third-order valence-corrected chi connectivity index (χ3v) is 6.25. The molecule has 0 aromatic heterocycles. The number of nitrogens with one attached hydrogen (secondary N) is 1. The van der Waals surface area contributed by atoms with Crippen LogP contribution in [0, 0.1) is 23.2 Å². The number of nitrogens with zero attached hydrogens (tertiary/aromatic N) is 1. The summed E-state index contributed by atoms with van der Waals surface area (Å²) in [6.07, 6.45) is 9.98. The molecule has 126 valence electrons. The fourth-order valence-corrected chi connectivity index (χ4v) is 5.85. The van der Waals surface area contributed by atoms with Gasteiger partial charge in [0.2, 0.25) is 0 Å². The van der Waals surface area contributed by atoms with Crippen molar-refractivity contribution >= 4 is 6.03 Å². The Morgan fingerprint density at radius 3 is 2.27 bits per heavy atom. The summed E-state index contributed by atoms with van der Waals surface area (Å²) in [4.78, 5) is 14.3. The molecule has 0 aromatic carbocycles. The summed E-state index contributed by atoms with van der Waals surface area (Å²) in [7, 11) is 1.95. The molecule has 4 nitrogen and oxygen atoms in total. The van der Waals surface area contributed by atoms with Crippen LogP contribution < -0.4 is 5.32 Å². The van der Waals surface area contributed by atoms with Crippen LogP contribution in [0.1, 0.15) is 58.3 Å². The zero-order valence-electron chi connectivity index (χ0n) is 14.2. The second-order valence-electron chi connectivity index (χ2n) is 8.49. The van der Waals surface area contributed by atoms with Crippen molar-refractivity contribution in [2.75, 3.05) is 20.2 Å². The number of aliphatic hydroxyl groups excluding tert-OH is 1. The largest absolute Gasteiger partial charge is 0.396 e. The Kier molecular flexibility index (Phi) is 4.67. The van der Waals surface area contributed by atoms with Crippen molar-refractivity contribution in [3.63, 3.8) is 0 Å². The molecule has 2 N–H and O–H groups in total. The Bertz CT molecular complexity index is 375. The van der Waals surface area contributed by atoms with E-state index in [1.807, 2.05) is 18.9 Å². The topological polar surface area (TPSA) is 52.6 Å². The molecule has 0 radical (unpaired) electrons. The van der Waals surface area contributed by atoms with E-state index in [2.05, 4.69) is 5.32 Å². The highest BCUT2D eigenvalue weighted by molar-refractivity contribution is 5.74. The molecule has 4 rings (SSSR count). The minimum absolute atomic E-state index is 0.0567. The van der Waals surface area contributed by atoms with Gasteiger partial charge in [-0.05, 0) is 81.5 Å². The van der Waals surface area contributed by atoms with Crippen LogP contribution in [0.4, 0.5) is 4.79 Å². The molecule has 4 aliphatic carbocycles. The Morgan fingerprint density at radius 1 is 1.23 bits per heavy atom. The Morgan fingerprint density at radius 2 is 1.77 bits per heavy atom. The zero-order chi connectivity index (χ0) is 15.7. The monoisotopic (exact) mass is 308 g/mol. The number of carbonyl (C=O) groups excluding carboxylic acids is 1. The van der Waals surface area contributed by atoms with E-state index in [1.165, 1.54) is 38.5 Å². The summed E-state index contributed by atoms with van der Waals surface area (Å²) in [5, 5.41) is 12.0. The number of hydrogen-bond acceptors (Lipinski definition) is 2. The molecule has 1 atom stereocenters. The van der Waals surface area contributed by atoms with Crippen LogP contribution in [0.3, 0.4) is 0 Å². The molecule has 4 fully saturated rings. The van der Waals surface area contributed by atoms with Crippen molar-refractivity contribution in [3.05, 3.63) is 0 Å². The molecule has 2 amide bonds. The zero-order valence-corrected chi connectivity index (χ0v) is 14.2. The first-order valence-electron chi connectivity index (χ1n) is 9.12. The van der Waals surface area contributed by atoms with Crippen LogP contribution in [-0.4, -0.2) is 42.3 Å². The molecule has 1 unspecified atom stereocenters. The van der Waals surface area contributed by atoms with Crippen molar-refractivity contribution in [3.8, 4) is 0 Å². The molecular formula is C18H32N2O2. The van der Waals surface area contributed by atoms with E-state index in [-0.39, 0.29) is 18.7 Å². The van der Waals surface area contributed by atoms with Gasteiger partial charge in [0.1, 0.15) is 0 Å². The number of hydrogen-bond donors (Lipinski definition) is 2. The van der Waals surface area contributed by atoms with Gasteiger partial charge in [0.25, 0.3) is 0 Å². The summed E-state index contributed by atoms with van der Waals surface area (Å²) >= 11 is 0. The van der Waals surface area contributed by atoms with E-state index in [4.69, 9.17) is 5.11 Å². The van der Waals surface area contributed by atoms with Gasteiger partial charge in [-0.2, -0.15) is 0 Å². The number of urea groups is 1. The summed E-state index contributed by atoms with van der Waals surface area (Å²) in [6, 6.07) is 0.194. The molecule has 4 bridgehead atoms. The first-order valence-corrected chi connectivity index (χ1v) is 9.12. The number of amides is 2. The third-order valence-electron chi connectivity index (χ3n) is 6.25. The maximum absolute atomic E-state index is 12.4. The minimum Gasteiger partial charge on any atom is -0.396 e. The van der Waals surface area contributed by atoms with Crippen molar-refractivity contribution in [2.24, 2.45) is 23.2 Å². The molecule has 22 heavy (non-hydrogen) atoms. The third kappa shape index (κ3) is 3.42. The van der Waals surface area contributed by atoms with Gasteiger partial charge in [-0.1, -0.05) is 0 Å². The van der Waals surface area contributed by atoms with E-state index in [0.29, 0.717) is 5.41 Å². The standard InChI is InChI=1S/C18H32N2O2/c1-13(4-3-5-21)19-17(22)20(2)12-18-9-14-6-15(10-18)8-16(7-14)11-18/h13-16,21H,3-12H2,1-2H3,(H,19,22). The van der Waals surface area contributed by atoms with E-state index in [0.717, 1.165) is 37.1 Å². The lowest BCUT2D eigenvalue weighted by Gasteiger charge is -2.57. The lowest BCUT2D eigenvalue weighted by atomic mass is 9.49. The predicted molar refractivity (Wildman–Crippen MR) is 87.5 cm³/mol. The Hall–Kier alpha value is -0.770. The first-order chi connectivity index (χ1) is 10.5. The predicted octanol–water partition coefficient (Wildman–Crippen LogP) is 3.01. The maximum atomic E-state index is 12.4. The first kappa shape index (κ1) is 16.1. The molecule has 0 saturated heterocycles. The fourth-order valence-electron chi connectivity index (χ4n) is 5.85. The number of rotatable bonds is 6. The molecule has 4 saturated carbocycles. The fraction of sp³-hybridized carbons (Fsp3) is 0.944. The van der Waals surface area contributed by atoms with Gasteiger partial charge < -0.3 is 15.3 Å². The van der Waals surface area contributed by atoms with Gasteiger partial charge in [-0.3, -0.25) is 0 Å². The highest BCUT2D eigenvalue weighted by Crippen LogP contribution is 2.60. The highest BCUT2D eigenvalue weighted by atomic mass is 16.3. The molecule has 0 spiro atoms. The van der Waals surface area contributed by atoms with Gasteiger partial charge in [0.05, 0.1) is 0 Å². The second kappa shape index (κ2) is 6.38. The van der Waals surface area contributed by atoms with E-state index in [9.17, 15) is 4.79 Å². The molecule has 4 aliphatic rings. The highest BCUT2D eigenvalue weighted by Gasteiger charge is 2.51. The molecule has 0 aromatic rings. The minimum atomic E-state index is 0.0567. The Labute approximate surface area is 134 Å².